The van der Waals surface area contributed by atoms with Gasteiger partial charge in [0, 0.05) is 4.47 Å². The van der Waals surface area contributed by atoms with E-state index in [1.165, 1.54) is 0 Å². The molecule has 88 valence electrons. The maximum Gasteiger partial charge on any atom is 0.231 e. The van der Waals surface area contributed by atoms with Crippen LogP contribution in [0, 0.1) is 5.92 Å². The topological polar surface area (TPSA) is 17.1 Å². The highest BCUT2D eigenvalue weighted by Crippen LogP contribution is 2.37. The molecule has 0 N–H and O–H groups in total. The van der Waals surface area contributed by atoms with Crippen LogP contribution in [0.3, 0.4) is 0 Å². The number of hydrogen-bond acceptors (Lipinski definition) is 1. The fourth-order valence-corrected chi connectivity index (χ4v) is 2.92. The Labute approximate surface area is 110 Å². The van der Waals surface area contributed by atoms with Crippen molar-refractivity contribution in [3.8, 4) is 0 Å². The van der Waals surface area contributed by atoms with Crippen molar-refractivity contribution < 1.29 is 4.79 Å². The lowest BCUT2D eigenvalue weighted by Crippen LogP contribution is -2.31. The summed E-state index contributed by atoms with van der Waals surface area (Å²) in [5.74, 6) is 0.416. The second-order valence-corrected chi connectivity index (χ2v) is 5.88. The van der Waals surface area contributed by atoms with Crippen LogP contribution in [0.15, 0.2) is 28.7 Å². The van der Waals surface area contributed by atoms with Gasteiger partial charge in [0.05, 0.1) is 5.41 Å². The molecule has 0 amide bonds. The number of carbonyl (C=O) groups excluding carboxylic acids is 1. The zero-order valence-corrected chi connectivity index (χ0v) is 12.1. The molecule has 0 aromatic heterocycles. The Balaban J connectivity index is 3.22. The average molecular weight is 304 g/mol. The fraction of sp³-hybridized carbons (Fsp3) is 0.462. The summed E-state index contributed by atoms with van der Waals surface area (Å²) in [6.45, 7) is 6.09. The van der Waals surface area contributed by atoms with Gasteiger partial charge < -0.3 is 0 Å². The number of benzene rings is 1. The predicted octanol–water partition coefficient (Wildman–Crippen LogP) is 4.52. The van der Waals surface area contributed by atoms with E-state index >= 15 is 0 Å². The summed E-state index contributed by atoms with van der Waals surface area (Å²) in [7, 11) is 0. The molecule has 0 bridgehead atoms. The Morgan fingerprint density at radius 1 is 1.44 bits per heavy atom. The molecule has 0 saturated heterocycles. The van der Waals surface area contributed by atoms with Gasteiger partial charge in [-0.15, -0.1) is 0 Å². The third kappa shape index (κ3) is 2.86. The molecule has 1 aromatic carbocycles. The van der Waals surface area contributed by atoms with Crippen LogP contribution in [-0.2, 0) is 10.2 Å². The van der Waals surface area contributed by atoms with Gasteiger partial charge in [0.25, 0.3) is 0 Å². The molecule has 0 aliphatic rings. The number of rotatable bonds is 4. The van der Waals surface area contributed by atoms with Gasteiger partial charge >= 0.3 is 0 Å². The van der Waals surface area contributed by atoms with Crippen LogP contribution in [0.25, 0.3) is 0 Å². The third-order valence-electron chi connectivity index (χ3n) is 2.72. The molecule has 0 radical (unpaired) electrons. The highest BCUT2D eigenvalue weighted by molar-refractivity contribution is 9.10. The van der Waals surface area contributed by atoms with Crippen LogP contribution < -0.4 is 0 Å². The van der Waals surface area contributed by atoms with Crippen LogP contribution in [0.5, 0.6) is 0 Å². The molecule has 0 aliphatic heterocycles. The Hall–Kier alpha value is -0.340. The molecule has 0 spiro atoms. The minimum atomic E-state index is -0.615. The first-order chi connectivity index (χ1) is 7.38. The van der Waals surface area contributed by atoms with E-state index in [-0.39, 0.29) is 5.24 Å². The molecular weight excluding hydrogens is 287 g/mol. The van der Waals surface area contributed by atoms with Gasteiger partial charge in [0.2, 0.25) is 5.24 Å². The second kappa shape index (κ2) is 5.33. The summed E-state index contributed by atoms with van der Waals surface area (Å²) in [4.78, 5) is 11.7. The molecule has 0 saturated carbocycles. The number of halogens is 2. The van der Waals surface area contributed by atoms with Crippen LogP contribution in [0.2, 0.25) is 0 Å². The quantitative estimate of drug-likeness (QED) is 0.748. The summed E-state index contributed by atoms with van der Waals surface area (Å²) in [6, 6.07) is 7.75. The van der Waals surface area contributed by atoms with Crippen LogP contribution in [0.1, 0.15) is 32.8 Å². The van der Waals surface area contributed by atoms with Crippen LogP contribution in [-0.4, -0.2) is 5.24 Å². The molecule has 1 nitrogen and oxygen atoms in total. The summed E-state index contributed by atoms with van der Waals surface area (Å²) in [6.07, 6.45) is 0.748. The summed E-state index contributed by atoms with van der Waals surface area (Å²) >= 11 is 9.26. The Bertz CT molecular complexity index is 389. The molecule has 1 aromatic rings. The Kier molecular flexibility index (Phi) is 4.57. The maximum atomic E-state index is 11.7. The van der Waals surface area contributed by atoms with Crippen LogP contribution >= 0.6 is 27.5 Å². The molecule has 1 atom stereocenters. The van der Waals surface area contributed by atoms with Crippen molar-refractivity contribution in [1.82, 2.24) is 0 Å². The van der Waals surface area contributed by atoms with Gasteiger partial charge in [0.1, 0.15) is 0 Å². The smallest absolute Gasteiger partial charge is 0.231 e. The minimum Gasteiger partial charge on any atom is -0.280 e. The SMILES string of the molecule is CC(C)CC(C)(C(=O)Cl)c1ccccc1Br. The van der Waals surface area contributed by atoms with Crippen molar-refractivity contribution in [2.24, 2.45) is 5.92 Å². The van der Waals surface area contributed by atoms with Gasteiger partial charge in [-0.2, -0.15) is 0 Å². The van der Waals surface area contributed by atoms with Gasteiger partial charge in [-0.25, -0.2) is 0 Å². The monoisotopic (exact) mass is 302 g/mol. The first-order valence-corrected chi connectivity index (χ1v) is 6.50. The molecule has 0 aliphatic carbocycles. The van der Waals surface area contributed by atoms with E-state index in [2.05, 4.69) is 29.8 Å². The second-order valence-electron chi connectivity index (χ2n) is 4.68. The van der Waals surface area contributed by atoms with Crippen molar-refractivity contribution in [3.05, 3.63) is 34.3 Å². The number of hydrogen-bond donors (Lipinski definition) is 0. The van der Waals surface area contributed by atoms with Crippen molar-refractivity contribution in [2.75, 3.05) is 0 Å². The summed E-state index contributed by atoms with van der Waals surface area (Å²) in [5, 5.41) is -0.298. The zero-order chi connectivity index (χ0) is 12.3. The van der Waals surface area contributed by atoms with Gasteiger partial charge in [-0.05, 0) is 42.5 Å². The maximum absolute atomic E-state index is 11.7. The number of carbonyl (C=O) groups is 1. The van der Waals surface area contributed by atoms with Crippen molar-refractivity contribution >= 4 is 32.8 Å². The molecule has 1 unspecified atom stereocenters. The first kappa shape index (κ1) is 13.7. The highest BCUT2D eigenvalue weighted by atomic mass is 79.9. The molecule has 3 heteroatoms. The lowest BCUT2D eigenvalue weighted by Gasteiger charge is -2.28. The van der Waals surface area contributed by atoms with E-state index in [0.717, 1.165) is 16.5 Å². The van der Waals surface area contributed by atoms with E-state index < -0.39 is 5.41 Å². The van der Waals surface area contributed by atoms with E-state index in [4.69, 9.17) is 11.6 Å². The standard InChI is InChI=1S/C13H16BrClO/c1-9(2)8-13(3,12(15)16)10-6-4-5-7-11(10)14/h4-7,9H,8H2,1-3H3. The Morgan fingerprint density at radius 3 is 2.44 bits per heavy atom. The van der Waals surface area contributed by atoms with E-state index in [1.54, 1.807) is 0 Å². The van der Waals surface area contributed by atoms with E-state index in [0.29, 0.717) is 5.92 Å². The highest BCUT2D eigenvalue weighted by Gasteiger charge is 2.35. The Morgan fingerprint density at radius 2 is 2.00 bits per heavy atom. The van der Waals surface area contributed by atoms with Crippen molar-refractivity contribution in [2.45, 2.75) is 32.6 Å². The predicted molar refractivity (Wildman–Crippen MR) is 71.8 cm³/mol. The molecule has 16 heavy (non-hydrogen) atoms. The van der Waals surface area contributed by atoms with Gasteiger partial charge in [-0.1, -0.05) is 48.0 Å². The molecule has 1 rings (SSSR count). The molecule has 0 heterocycles. The van der Waals surface area contributed by atoms with E-state index in [1.807, 2.05) is 31.2 Å². The van der Waals surface area contributed by atoms with Crippen molar-refractivity contribution in [1.29, 1.82) is 0 Å². The fourth-order valence-electron chi connectivity index (χ4n) is 2.02. The van der Waals surface area contributed by atoms with Crippen LogP contribution in [0.4, 0.5) is 0 Å². The largest absolute Gasteiger partial charge is 0.280 e. The lowest BCUT2D eigenvalue weighted by molar-refractivity contribution is -0.116. The minimum absolute atomic E-state index is 0.298. The van der Waals surface area contributed by atoms with E-state index in [9.17, 15) is 4.79 Å². The van der Waals surface area contributed by atoms with Gasteiger partial charge in [-0.3, -0.25) is 4.79 Å². The zero-order valence-electron chi connectivity index (χ0n) is 9.76. The summed E-state index contributed by atoms with van der Waals surface area (Å²) < 4.78 is 0.937. The lowest BCUT2D eigenvalue weighted by atomic mass is 9.77. The van der Waals surface area contributed by atoms with Gasteiger partial charge in [0.15, 0.2) is 0 Å². The summed E-state index contributed by atoms with van der Waals surface area (Å²) in [5.41, 5.74) is 0.346. The average Bonchev–Trinajstić information content (AvgIpc) is 2.16. The first-order valence-electron chi connectivity index (χ1n) is 5.33. The molecular formula is C13H16BrClO. The third-order valence-corrected chi connectivity index (χ3v) is 3.83. The molecule has 0 fully saturated rings. The van der Waals surface area contributed by atoms with Crippen molar-refractivity contribution in [3.63, 3.8) is 0 Å². The normalized spacial score (nSPS) is 14.9.